The molecule has 1 fully saturated rings. The van der Waals surface area contributed by atoms with Gasteiger partial charge in [-0.05, 0) is 37.3 Å². The van der Waals surface area contributed by atoms with Crippen LogP contribution in [0.4, 0.5) is 5.82 Å². The predicted molar refractivity (Wildman–Crippen MR) is 97.6 cm³/mol. The number of hydrogen-bond donors (Lipinski definition) is 1. The lowest BCUT2D eigenvalue weighted by atomic mass is 10.1. The number of benzene rings is 1. The first kappa shape index (κ1) is 16.8. The van der Waals surface area contributed by atoms with Gasteiger partial charge in [0.1, 0.15) is 5.82 Å². The molecule has 2 aromatic rings. The largest absolute Gasteiger partial charge is 0.369 e. The molecular weight excluding hydrogens is 322 g/mol. The van der Waals surface area contributed by atoms with E-state index in [1.165, 1.54) is 12.0 Å². The third kappa shape index (κ3) is 4.26. The SMILES string of the molecule is O=C(c1cnc(NCCc2ccccc2)c(Cl)c1)N1CCCCC1. The van der Waals surface area contributed by atoms with Gasteiger partial charge in [-0.3, -0.25) is 4.79 Å². The summed E-state index contributed by atoms with van der Waals surface area (Å²) >= 11 is 6.30. The second-order valence-corrected chi connectivity index (χ2v) is 6.48. The smallest absolute Gasteiger partial charge is 0.255 e. The van der Waals surface area contributed by atoms with Gasteiger partial charge < -0.3 is 10.2 Å². The van der Waals surface area contributed by atoms with E-state index in [0.717, 1.165) is 38.9 Å². The van der Waals surface area contributed by atoms with Crippen LogP contribution in [0.2, 0.25) is 5.02 Å². The molecule has 2 heterocycles. The van der Waals surface area contributed by atoms with Gasteiger partial charge in [0.2, 0.25) is 0 Å². The van der Waals surface area contributed by atoms with E-state index in [-0.39, 0.29) is 5.91 Å². The van der Waals surface area contributed by atoms with Crippen LogP contribution in [0, 0.1) is 0 Å². The Balaban J connectivity index is 1.58. The van der Waals surface area contributed by atoms with E-state index in [9.17, 15) is 4.79 Å². The maximum atomic E-state index is 12.5. The van der Waals surface area contributed by atoms with Crippen molar-refractivity contribution in [2.24, 2.45) is 0 Å². The quantitative estimate of drug-likeness (QED) is 0.892. The number of aromatic nitrogens is 1. The Morgan fingerprint density at radius 3 is 2.62 bits per heavy atom. The molecule has 1 aromatic heterocycles. The highest BCUT2D eigenvalue weighted by molar-refractivity contribution is 6.33. The molecule has 1 aliphatic rings. The van der Waals surface area contributed by atoms with Gasteiger partial charge >= 0.3 is 0 Å². The normalized spacial score (nSPS) is 14.5. The van der Waals surface area contributed by atoms with E-state index in [1.54, 1.807) is 12.3 Å². The molecule has 0 saturated carbocycles. The first-order valence-corrected chi connectivity index (χ1v) is 8.84. The maximum Gasteiger partial charge on any atom is 0.255 e. The summed E-state index contributed by atoms with van der Waals surface area (Å²) in [7, 11) is 0. The Bertz CT molecular complexity index is 684. The summed E-state index contributed by atoms with van der Waals surface area (Å²) in [4.78, 5) is 18.7. The summed E-state index contributed by atoms with van der Waals surface area (Å²) in [5.74, 6) is 0.655. The Kier molecular flexibility index (Phi) is 5.70. The van der Waals surface area contributed by atoms with Crippen LogP contribution in [0.1, 0.15) is 35.2 Å². The molecule has 1 saturated heterocycles. The molecule has 1 amide bonds. The maximum absolute atomic E-state index is 12.5. The van der Waals surface area contributed by atoms with Gasteiger partial charge in [0.05, 0.1) is 10.6 Å². The molecule has 4 nitrogen and oxygen atoms in total. The Labute approximate surface area is 147 Å². The lowest BCUT2D eigenvalue weighted by Crippen LogP contribution is -2.35. The predicted octanol–water partition coefficient (Wildman–Crippen LogP) is 4.02. The Morgan fingerprint density at radius 2 is 1.92 bits per heavy atom. The molecule has 5 heteroatoms. The van der Waals surface area contributed by atoms with Crippen molar-refractivity contribution in [1.29, 1.82) is 0 Å². The number of nitrogens with zero attached hydrogens (tertiary/aromatic N) is 2. The third-order valence-electron chi connectivity index (χ3n) is 4.28. The zero-order valence-electron chi connectivity index (χ0n) is 13.7. The fraction of sp³-hybridized carbons (Fsp3) is 0.368. The van der Waals surface area contributed by atoms with Gasteiger partial charge in [-0.2, -0.15) is 0 Å². The molecule has 3 rings (SSSR count). The highest BCUT2D eigenvalue weighted by Gasteiger charge is 2.19. The average molecular weight is 344 g/mol. The summed E-state index contributed by atoms with van der Waals surface area (Å²) in [5.41, 5.74) is 1.83. The van der Waals surface area contributed by atoms with Gasteiger partial charge in [0.25, 0.3) is 5.91 Å². The molecule has 0 atom stereocenters. The number of halogens is 1. The van der Waals surface area contributed by atoms with Gasteiger partial charge in [-0.15, -0.1) is 0 Å². The number of anilines is 1. The summed E-state index contributed by atoms with van der Waals surface area (Å²) in [6.07, 6.45) is 5.87. The first-order chi connectivity index (χ1) is 11.7. The molecule has 0 aliphatic carbocycles. The van der Waals surface area contributed by atoms with Crippen LogP contribution in [0.5, 0.6) is 0 Å². The number of hydrogen-bond acceptors (Lipinski definition) is 3. The van der Waals surface area contributed by atoms with Crippen LogP contribution in [0.3, 0.4) is 0 Å². The van der Waals surface area contributed by atoms with Crippen molar-refractivity contribution in [2.45, 2.75) is 25.7 Å². The number of amides is 1. The fourth-order valence-electron chi connectivity index (χ4n) is 2.93. The number of carbonyl (C=O) groups is 1. The highest BCUT2D eigenvalue weighted by atomic mass is 35.5. The van der Waals surface area contributed by atoms with Crippen molar-refractivity contribution >= 4 is 23.3 Å². The average Bonchev–Trinajstić information content (AvgIpc) is 2.64. The second kappa shape index (κ2) is 8.15. The highest BCUT2D eigenvalue weighted by Crippen LogP contribution is 2.22. The Morgan fingerprint density at radius 1 is 1.17 bits per heavy atom. The summed E-state index contributed by atoms with van der Waals surface area (Å²) in [5, 5.41) is 3.73. The molecule has 1 aromatic carbocycles. The minimum absolute atomic E-state index is 0.0277. The van der Waals surface area contributed by atoms with E-state index in [4.69, 9.17) is 11.6 Å². The van der Waals surface area contributed by atoms with Crippen LogP contribution >= 0.6 is 11.6 Å². The number of rotatable bonds is 5. The molecule has 0 spiro atoms. The van der Waals surface area contributed by atoms with Crippen LogP contribution in [-0.4, -0.2) is 35.4 Å². The minimum atomic E-state index is 0.0277. The van der Waals surface area contributed by atoms with E-state index in [1.807, 2.05) is 23.1 Å². The third-order valence-corrected chi connectivity index (χ3v) is 4.57. The van der Waals surface area contributed by atoms with Gasteiger partial charge in [0.15, 0.2) is 0 Å². The monoisotopic (exact) mass is 343 g/mol. The molecule has 24 heavy (non-hydrogen) atoms. The number of pyridine rings is 1. The van der Waals surface area contributed by atoms with Crippen LogP contribution in [0.25, 0.3) is 0 Å². The second-order valence-electron chi connectivity index (χ2n) is 6.07. The van der Waals surface area contributed by atoms with Crippen LogP contribution < -0.4 is 5.32 Å². The van der Waals surface area contributed by atoms with Gasteiger partial charge in [-0.1, -0.05) is 41.9 Å². The van der Waals surface area contributed by atoms with Crippen molar-refractivity contribution in [2.75, 3.05) is 25.0 Å². The number of carbonyl (C=O) groups excluding carboxylic acids is 1. The van der Waals surface area contributed by atoms with Crippen molar-refractivity contribution < 1.29 is 4.79 Å². The zero-order chi connectivity index (χ0) is 16.8. The first-order valence-electron chi connectivity index (χ1n) is 8.46. The molecule has 0 bridgehead atoms. The molecule has 0 radical (unpaired) electrons. The van der Waals surface area contributed by atoms with Gasteiger partial charge in [0, 0.05) is 25.8 Å². The van der Waals surface area contributed by atoms with Crippen molar-refractivity contribution in [3.8, 4) is 0 Å². The summed E-state index contributed by atoms with van der Waals surface area (Å²) in [6, 6.07) is 12.0. The standard InChI is InChI=1S/C19H22ClN3O/c20-17-13-16(19(24)23-11-5-2-6-12-23)14-22-18(17)21-10-9-15-7-3-1-4-8-15/h1,3-4,7-8,13-14H,2,5-6,9-12H2,(H,21,22). The number of piperidine rings is 1. The molecule has 126 valence electrons. The lowest BCUT2D eigenvalue weighted by Gasteiger charge is -2.26. The van der Waals surface area contributed by atoms with Crippen LogP contribution in [0.15, 0.2) is 42.6 Å². The van der Waals surface area contributed by atoms with Crippen molar-refractivity contribution in [1.82, 2.24) is 9.88 Å². The van der Waals surface area contributed by atoms with E-state index < -0.39 is 0 Å². The minimum Gasteiger partial charge on any atom is -0.369 e. The number of nitrogens with one attached hydrogen (secondary N) is 1. The van der Waals surface area contributed by atoms with Gasteiger partial charge in [-0.25, -0.2) is 4.98 Å². The topological polar surface area (TPSA) is 45.2 Å². The molecule has 0 unspecified atom stereocenters. The Hall–Kier alpha value is -2.07. The zero-order valence-corrected chi connectivity index (χ0v) is 14.4. The van der Waals surface area contributed by atoms with Crippen molar-refractivity contribution in [3.63, 3.8) is 0 Å². The van der Waals surface area contributed by atoms with Crippen molar-refractivity contribution in [3.05, 3.63) is 58.7 Å². The molecular formula is C19H22ClN3O. The van der Waals surface area contributed by atoms with Crippen LogP contribution in [-0.2, 0) is 6.42 Å². The van der Waals surface area contributed by atoms with E-state index in [2.05, 4.69) is 22.4 Å². The summed E-state index contributed by atoms with van der Waals surface area (Å²) in [6.45, 7) is 2.40. The lowest BCUT2D eigenvalue weighted by molar-refractivity contribution is 0.0724. The summed E-state index contributed by atoms with van der Waals surface area (Å²) < 4.78 is 0. The molecule has 1 N–H and O–H groups in total. The fourth-order valence-corrected chi connectivity index (χ4v) is 3.17. The molecule has 1 aliphatic heterocycles. The van der Waals surface area contributed by atoms with E-state index >= 15 is 0 Å². The number of likely N-dealkylation sites (tertiary alicyclic amines) is 1. The van der Waals surface area contributed by atoms with E-state index in [0.29, 0.717) is 16.4 Å².